The van der Waals surface area contributed by atoms with Crippen molar-refractivity contribution in [2.75, 3.05) is 69.3 Å². The van der Waals surface area contributed by atoms with Crippen molar-refractivity contribution in [1.29, 1.82) is 5.26 Å². The van der Waals surface area contributed by atoms with Gasteiger partial charge in [0.15, 0.2) is 0 Å². The first kappa shape index (κ1) is 19.8. The van der Waals surface area contributed by atoms with E-state index in [0.29, 0.717) is 32.8 Å². The molecule has 8 nitrogen and oxygen atoms in total. The molecule has 2 fully saturated rings. The summed E-state index contributed by atoms with van der Waals surface area (Å²) in [5, 5.41) is 10.0. The molecule has 1 aromatic rings. The highest BCUT2D eigenvalue weighted by atomic mass is 16.6. The monoisotopic (exact) mass is 400 g/mol. The number of aromatic amines is 1. The highest BCUT2D eigenvalue weighted by molar-refractivity contribution is 5.68. The lowest BCUT2D eigenvalue weighted by Crippen LogP contribution is -3.08. The zero-order chi connectivity index (χ0) is 20.4. The molecule has 0 saturated carbocycles. The second-order valence-electron chi connectivity index (χ2n) is 8.27. The first-order valence-electron chi connectivity index (χ1n) is 10.9. The molecule has 3 aliphatic heterocycles. The van der Waals surface area contributed by atoms with E-state index >= 15 is 0 Å². The molecule has 2 saturated heterocycles. The molecule has 4 heterocycles. The third-order valence-electron chi connectivity index (χ3n) is 6.36. The van der Waals surface area contributed by atoms with E-state index in [1.54, 1.807) is 4.90 Å². The number of carbonyl (C=O) groups excluding carboxylic acids is 1. The number of pyridine rings is 1. The Morgan fingerprint density at radius 3 is 2.45 bits per heavy atom. The quantitative estimate of drug-likeness (QED) is 0.762. The topological polar surface area (TPSA) is 78.4 Å². The van der Waals surface area contributed by atoms with Gasteiger partial charge in [0.1, 0.15) is 18.2 Å². The van der Waals surface area contributed by atoms with Crippen LogP contribution in [0, 0.1) is 11.3 Å². The van der Waals surface area contributed by atoms with Crippen molar-refractivity contribution >= 4 is 17.7 Å². The van der Waals surface area contributed by atoms with Crippen molar-refractivity contribution < 1.29 is 19.4 Å². The molecule has 8 heteroatoms. The Bertz CT molecular complexity index is 806. The van der Waals surface area contributed by atoms with Gasteiger partial charge in [0.2, 0.25) is 11.6 Å². The predicted octanol–water partition coefficient (Wildman–Crippen LogP) is -0.178. The number of hydrogen-bond acceptors (Lipinski definition) is 5. The maximum atomic E-state index is 12.0. The molecular weight excluding hydrogens is 368 g/mol. The van der Waals surface area contributed by atoms with Gasteiger partial charge >= 0.3 is 6.09 Å². The number of amides is 1. The predicted molar refractivity (Wildman–Crippen MR) is 109 cm³/mol. The standard InChI is InChI=1S/C21H30N6O2/c1-3-29-21(28)27-12-10-26(11-13-27)19-17(14-22)16-6-9-24(2)15-18(16)20(23-19)25-7-4-5-8-25/h3-13,15H2,1-2H3/p+2. The van der Waals surface area contributed by atoms with Gasteiger partial charge < -0.3 is 14.5 Å². The lowest BCUT2D eigenvalue weighted by molar-refractivity contribution is -0.895. The second kappa shape index (κ2) is 8.46. The Morgan fingerprint density at radius 1 is 1.10 bits per heavy atom. The van der Waals surface area contributed by atoms with Crippen LogP contribution in [0.4, 0.5) is 16.4 Å². The number of aromatic nitrogens is 1. The van der Waals surface area contributed by atoms with Crippen LogP contribution >= 0.6 is 0 Å². The molecule has 1 amide bonds. The molecule has 0 aliphatic carbocycles. The van der Waals surface area contributed by atoms with Gasteiger partial charge in [-0.25, -0.2) is 9.78 Å². The molecule has 3 aliphatic rings. The summed E-state index contributed by atoms with van der Waals surface area (Å²) < 4.78 is 5.14. The fourth-order valence-electron chi connectivity index (χ4n) is 4.78. The maximum absolute atomic E-state index is 12.0. The van der Waals surface area contributed by atoms with Gasteiger partial charge in [-0.15, -0.1) is 0 Å². The number of H-pyrrole nitrogens is 1. The van der Waals surface area contributed by atoms with E-state index in [9.17, 15) is 10.1 Å². The third-order valence-corrected chi connectivity index (χ3v) is 6.36. The number of hydrogen-bond donors (Lipinski definition) is 1. The summed E-state index contributed by atoms with van der Waals surface area (Å²) in [6.45, 7) is 9.01. The number of fused-ring (bicyclic) bond motifs is 1. The summed E-state index contributed by atoms with van der Waals surface area (Å²) in [5.74, 6) is 2.13. The van der Waals surface area contributed by atoms with Crippen molar-refractivity contribution in [3.8, 4) is 6.07 Å². The van der Waals surface area contributed by atoms with Crippen molar-refractivity contribution in [2.24, 2.45) is 0 Å². The fraction of sp³-hybridized carbons (Fsp3) is 0.667. The second-order valence-corrected chi connectivity index (χ2v) is 8.27. The van der Waals surface area contributed by atoms with Crippen molar-refractivity contribution in [3.05, 3.63) is 16.7 Å². The Kier molecular flexibility index (Phi) is 5.76. The molecule has 0 bridgehead atoms. The van der Waals surface area contributed by atoms with Crippen LogP contribution in [-0.4, -0.2) is 70.5 Å². The Morgan fingerprint density at radius 2 is 1.79 bits per heavy atom. The minimum Gasteiger partial charge on any atom is -0.450 e. The molecule has 0 spiro atoms. The number of likely N-dealkylation sites (N-methyl/N-ethyl adjacent to an activating group) is 1. The van der Waals surface area contributed by atoms with Crippen LogP contribution < -0.4 is 19.7 Å². The molecule has 2 N–H and O–H groups in total. The average molecular weight is 401 g/mol. The number of nitrogens with zero attached hydrogens (tertiary/aromatic N) is 4. The molecular formula is C21H32N6O2+2. The summed E-state index contributed by atoms with van der Waals surface area (Å²) in [5.41, 5.74) is 3.34. The smallest absolute Gasteiger partial charge is 0.409 e. The van der Waals surface area contributed by atoms with Gasteiger partial charge in [0.05, 0.1) is 65.0 Å². The van der Waals surface area contributed by atoms with Crippen LogP contribution in [0.1, 0.15) is 36.5 Å². The van der Waals surface area contributed by atoms with Crippen LogP contribution in [0.5, 0.6) is 0 Å². The lowest BCUT2D eigenvalue weighted by atomic mass is 9.95. The van der Waals surface area contributed by atoms with Gasteiger partial charge in [-0.2, -0.15) is 5.26 Å². The van der Waals surface area contributed by atoms with Crippen LogP contribution in [0.25, 0.3) is 0 Å². The molecule has 1 aromatic heterocycles. The highest BCUT2D eigenvalue weighted by Crippen LogP contribution is 2.31. The third kappa shape index (κ3) is 3.84. The minimum atomic E-state index is -0.245. The Labute approximate surface area is 172 Å². The number of nitrogens with one attached hydrogen (secondary N) is 2. The van der Waals surface area contributed by atoms with Crippen LogP contribution in [0.3, 0.4) is 0 Å². The number of ether oxygens (including phenoxy) is 1. The van der Waals surface area contributed by atoms with Crippen LogP contribution in [0.15, 0.2) is 0 Å². The van der Waals surface area contributed by atoms with Crippen molar-refractivity contribution in [2.45, 2.75) is 32.7 Å². The number of rotatable bonds is 3. The Balaban J connectivity index is 1.66. The van der Waals surface area contributed by atoms with Gasteiger partial charge in [-0.1, -0.05) is 0 Å². The number of nitriles is 1. The molecule has 156 valence electrons. The number of anilines is 2. The average Bonchev–Trinajstić information content (AvgIpc) is 3.27. The van der Waals surface area contributed by atoms with E-state index < -0.39 is 0 Å². The van der Waals surface area contributed by atoms with E-state index in [2.05, 4.69) is 27.9 Å². The van der Waals surface area contributed by atoms with Crippen molar-refractivity contribution in [3.63, 3.8) is 0 Å². The largest absolute Gasteiger partial charge is 0.450 e. The molecule has 0 radical (unpaired) electrons. The zero-order valence-corrected chi connectivity index (χ0v) is 17.6. The minimum absolute atomic E-state index is 0.245. The summed E-state index contributed by atoms with van der Waals surface area (Å²) in [4.78, 5) is 23.6. The summed E-state index contributed by atoms with van der Waals surface area (Å²) in [6.07, 6.45) is 3.14. The molecule has 1 unspecified atom stereocenters. The van der Waals surface area contributed by atoms with Crippen molar-refractivity contribution in [1.82, 2.24) is 4.90 Å². The summed E-state index contributed by atoms with van der Waals surface area (Å²) in [7, 11) is 2.23. The fourth-order valence-corrected chi connectivity index (χ4v) is 4.78. The first-order valence-corrected chi connectivity index (χ1v) is 10.9. The van der Waals surface area contributed by atoms with E-state index in [1.807, 2.05) is 6.92 Å². The highest BCUT2D eigenvalue weighted by Gasteiger charge is 2.35. The molecule has 29 heavy (non-hydrogen) atoms. The van der Waals surface area contributed by atoms with E-state index in [1.165, 1.54) is 34.7 Å². The number of piperazine rings is 1. The SMILES string of the molecule is CCOC(=O)N1CCN(c2[nH+]c(N3CCCC3)c3c(c2C#N)CC[NH+](C)C3)CC1. The van der Waals surface area contributed by atoms with E-state index in [4.69, 9.17) is 4.74 Å². The maximum Gasteiger partial charge on any atom is 0.409 e. The summed E-state index contributed by atoms with van der Waals surface area (Å²) >= 11 is 0. The summed E-state index contributed by atoms with van der Waals surface area (Å²) in [6, 6.07) is 2.50. The molecule has 4 rings (SSSR count). The number of carbonyl (C=O) groups is 1. The first-order chi connectivity index (χ1) is 14.1. The van der Waals surface area contributed by atoms with Gasteiger partial charge in [-0.3, -0.25) is 9.80 Å². The zero-order valence-electron chi connectivity index (χ0n) is 17.6. The van der Waals surface area contributed by atoms with Gasteiger partial charge in [0.25, 0.3) is 0 Å². The van der Waals surface area contributed by atoms with Crippen LogP contribution in [-0.2, 0) is 17.7 Å². The van der Waals surface area contributed by atoms with E-state index in [-0.39, 0.29) is 6.09 Å². The normalized spacial score (nSPS) is 21.7. The van der Waals surface area contributed by atoms with Gasteiger partial charge in [-0.05, 0) is 25.3 Å². The van der Waals surface area contributed by atoms with Crippen LogP contribution in [0.2, 0.25) is 0 Å². The number of quaternary nitrogens is 1. The Hall–Kier alpha value is -2.53. The molecule has 1 atom stereocenters. The van der Waals surface area contributed by atoms with Gasteiger partial charge in [0, 0.05) is 6.42 Å². The molecule has 0 aromatic carbocycles. The van der Waals surface area contributed by atoms with E-state index in [0.717, 1.165) is 44.0 Å². The lowest BCUT2D eigenvalue weighted by Gasteiger charge is -2.33.